The SMILES string of the molecule is CCCC(C1C=CC=CS1)C1C=CC=CS1. The topological polar surface area (TPSA) is 0 Å². The van der Waals surface area contributed by atoms with Gasteiger partial charge in [-0.1, -0.05) is 49.8 Å². The van der Waals surface area contributed by atoms with Crippen molar-refractivity contribution in [2.45, 2.75) is 30.3 Å². The fourth-order valence-corrected chi connectivity index (χ4v) is 4.34. The first-order valence-electron chi connectivity index (χ1n) is 5.89. The molecule has 2 unspecified atom stereocenters. The predicted octanol–water partition coefficient (Wildman–Crippen LogP) is 4.77. The first-order chi connectivity index (χ1) is 7.92. The van der Waals surface area contributed by atoms with Crippen molar-refractivity contribution in [3.8, 4) is 0 Å². The molecule has 0 aromatic heterocycles. The summed E-state index contributed by atoms with van der Waals surface area (Å²) < 4.78 is 0. The van der Waals surface area contributed by atoms with E-state index in [-0.39, 0.29) is 0 Å². The highest BCUT2D eigenvalue weighted by Gasteiger charge is 2.26. The van der Waals surface area contributed by atoms with Crippen LogP contribution in [0.25, 0.3) is 0 Å². The van der Waals surface area contributed by atoms with E-state index in [0.717, 1.165) is 5.92 Å². The van der Waals surface area contributed by atoms with Gasteiger partial charge in [0.25, 0.3) is 0 Å². The lowest BCUT2D eigenvalue weighted by Gasteiger charge is -2.30. The third kappa shape index (κ3) is 3.08. The third-order valence-electron chi connectivity index (χ3n) is 2.92. The van der Waals surface area contributed by atoms with Gasteiger partial charge in [0.15, 0.2) is 0 Å². The molecule has 2 aliphatic rings. The van der Waals surface area contributed by atoms with Gasteiger partial charge in [-0.15, -0.1) is 23.5 Å². The molecule has 2 rings (SSSR count). The number of thioether (sulfide) groups is 2. The lowest BCUT2D eigenvalue weighted by molar-refractivity contribution is 0.511. The molecule has 0 spiro atoms. The van der Waals surface area contributed by atoms with E-state index < -0.39 is 0 Å². The molecular weight excluding hydrogens is 232 g/mol. The Kier molecular flexibility index (Phi) is 4.86. The second-order valence-corrected chi connectivity index (χ2v) is 6.26. The number of rotatable bonds is 4. The fourth-order valence-electron chi connectivity index (χ4n) is 2.14. The lowest BCUT2D eigenvalue weighted by atomic mass is 9.94. The Morgan fingerprint density at radius 1 is 0.938 bits per heavy atom. The summed E-state index contributed by atoms with van der Waals surface area (Å²) in [4.78, 5) is 0. The Morgan fingerprint density at radius 2 is 1.50 bits per heavy atom. The van der Waals surface area contributed by atoms with Crippen molar-refractivity contribution < 1.29 is 0 Å². The molecule has 86 valence electrons. The van der Waals surface area contributed by atoms with Crippen molar-refractivity contribution in [3.05, 3.63) is 47.3 Å². The zero-order valence-corrected chi connectivity index (χ0v) is 11.2. The van der Waals surface area contributed by atoms with Crippen molar-refractivity contribution in [1.82, 2.24) is 0 Å². The molecule has 2 heteroatoms. The van der Waals surface area contributed by atoms with Crippen molar-refractivity contribution in [2.24, 2.45) is 5.92 Å². The van der Waals surface area contributed by atoms with Crippen LogP contribution in [0.3, 0.4) is 0 Å². The quantitative estimate of drug-likeness (QED) is 0.704. The van der Waals surface area contributed by atoms with Crippen LogP contribution in [0, 0.1) is 5.92 Å². The normalized spacial score (nSPS) is 29.6. The molecule has 0 amide bonds. The molecule has 2 heterocycles. The molecule has 0 radical (unpaired) electrons. The van der Waals surface area contributed by atoms with Gasteiger partial charge in [-0.05, 0) is 23.2 Å². The van der Waals surface area contributed by atoms with Crippen LogP contribution in [-0.4, -0.2) is 10.5 Å². The highest BCUT2D eigenvalue weighted by molar-refractivity contribution is 8.03. The average molecular weight is 250 g/mol. The molecule has 0 N–H and O–H groups in total. The summed E-state index contributed by atoms with van der Waals surface area (Å²) in [6.45, 7) is 2.28. The van der Waals surface area contributed by atoms with Gasteiger partial charge in [0.2, 0.25) is 0 Å². The van der Waals surface area contributed by atoms with E-state index >= 15 is 0 Å². The highest BCUT2D eigenvalue weighted by Crippen LogP contribution is 2.37. The van der Waals surface area contributed by atoms with E-state index in [0.29, 0.717) is 10.5 Å². The molecule has 0 nitrogen and oxygen atoms in total. The monoisotopic (exact) mass is 250 g/mol. The van der Waals surface area contributed by atoms with Crippen LogP contribution < -0.4 is 0 Å². The van der Waals surface area contributed by atoms with Gasteiger partial charge in [-0.25, -0.2) is 0 Å². The molecule has 2 aliphatic heterocycles. The molecule has 0 aliphatic carbocycles. The van der Waals surface area contributed by atoms with Crippen LogP contribution in [0.2, 0.25) is 0 Å². The van der Waals surface area contributed by atoms with Gasteiger partial charge in [-0.3, -0.25) is 0 Å². The standard InChI is InChI=1S/C14H18S2/c1-2-7-12(13-8-3-5-10-15-13)14-9-4-6-11-16-14/h3-6,8-14H,2,7H2,1H3. The van der Waals surface area contributed by atoms with E-state index in [1.54, 1.807) is 0 Å². The average Bonchev–Trinajstić information content (AvgIpc) is 2.38. The molecule has 16 heavy (non-hydrogen) atoms. The molecule has 2 atom stereocenters. The Bertz CT molecular complexity index is 296. The summed E-state index contributed by atoms with van der Waals surface area (Å²) in [5.74, 6) is 0.752. The van der Waals surface area contributed by atoms with E-state index in [9.17, 15) is 0 Å². The Labute approximate surface area is 107 Å². The van der Waals surface area contributed by atoms with Crippen LogP contribution in [0.1, 0.15) is 19.8 Å². The van der Waals surface area contributed by atoms with E-state index in [4.69, 9.17) is 0 Å². The summed E-state index contributed by atoms with van der Waals surface area (Å²) in [5.41, 5.74) is 0. The second-order valence-electron chi connectivity index (χ2n) is 4.08. The van der Waals surface area contributed by atoms with Gasteiger partial charge in [0, 0.05) is 10.5 Å². The molecular formula is C14H18S2. The maximum Gasteiger partial charge on any atom is 0.0313 e. The van der Waals surface area contributed by atoms with Crippen molar-refractivity contribution in [3.63, 3.8) is 0 Å². The molecule has 0 aromatic carbocycles. The summed E-state index contributed by atoms with van der Waals surface area (Å²) in [6.07, 6.45) is 15.9. The van der Waals surface area contributed by atoms with Gasteiger partial charge in [0.05, 0.1) is 0 Å². The molecule has 0 saturated carbocycles. The first kappa shape index (κ1) is 12.1. The van der Waals surface area contributed by atoms with Crippen molar-refractivity contribution in [1.29, 1.82) is 0 Å². The Hall–Kier alpha value is -0.340. The zero-order valence-electron chi connectivity index (χ0n) is 9.58. The van der Waals surface area contributed by atoms with Crippen LogP contribution >= 0.6 is 23.5 Å². The molecule has 0 bridgehead atoms. The van der Waals surface area contributed by atoms with Gasteiger partial charge >= 0.3 is 0 Å². The number of hydrogen-bond donors (Lipinski definition) is 0. The Balaban J connectivity index is 2.04. The van der Waals surface area contributed by atoms with Crippen molar-refractivity contribution in [2.75, 3.05) is 0 Å². The van der Waals surface area contributed by atoms with Gasteiger partial charge in [-0.2, -0.15) is 0 Å². The zero-order chi connectivity index (χ0) is 11.2. The summed E-state index contributed by atoms with van der Waals surface area (Å²) in [5, 5.41) is 5.75. The predicted molar refractivity (Wildman–Crippen MR) is 77.7 cm³/mol. The van der Waals surface area contributed by atoms with E-state index in [2.05, 4.69) is 54.2 Å². The molecule has 0 saturated heterocycles. The smallest absolute Gasteiger partial charge is 0.0313 e. The minimum Gasteiger partial charge on any atom is -0.126 e. The van der Waals surface area contributed by atoms with Crippen LogP contribution in [0.4, 0.5) is 0 Å². The van der Waals surface area contributed by atoms with Crippen molar-refractivity contribution >= 4 is 23.5 Å². The lowest BCUT2D eigenvalue weighted by Crippen LogP contribution is -2.25. The maximum atomic E-state index is 2.36. The van der Waals surface area contributed by atoms with Gasteiger partial charge < -0.3 is 0 Å². The van der Waals surface area contributed by atoms with E-state index in [1.165, 1.54) is 12.8 Å². The van der Waals surface area contributed by atoms with Gasteiger partial charge in [0.1, 0.15) is 0 Å². The first-order valence-corrected chi connectivity index (χ1v) is 7.78. The van der Waals surface area contributed by atoms with Crippen LogP contribution in [0.5, 0.6) is 0 Å². The molecule has 0 fully saturated rings. The molecule has 0 aromatic rings. The summed E-state index contributed by atoms with van der Waals surface area (Å²) in [7, 11) is 0. The third-order valence-corrected chi connectivity index (χ3v) is 5.19. The van der Waals surface area contributed by atoms with E-state index in [1.807, 2.05) is 23.5 Å². The maximum absolute atomic E-state index is 2.36. The van der Waals surface area contributed by atoms with Crippen LogP contribution in [-0.2, 0) is 0 Å². The fraction of sp³-hybridized carbons (Fsp3) is 0.429. The Morgan fingerprint density at radius 3 is 1.88 bits per heavy atom. The minimum absolute atomic E-state index is 0.651. The highest BCUT2D eigenvalue weighted by atomic mass is 32.2. The summed E-state index contributed by atoms with van der Waals surface area (Å²) in [6, 6.07) is 0. The number of hydrogen-bond acceptors (Lipinski definition) is 2. The minimum atomic E-state index is 0.651. The second kappa shape index (κ2) is 6.41. The van der Waals surface area contributed by atoms with Crippen LogP contribution in [0.15, 0.2) is 47.3 Å². The summed E-state index contributed by atoms with van der Waals surface area (Å²) >= 11 is 3.93. The largest absolute Gasteiger partial charge is 0.126 e. The number of allylic oxidation sites excluding steroid dienone is 4.